The van der Waals surface area contributed by atoms with Gasteiger partial charge in [-0.05, 0) is 19.1 Å². The van der Waals surface area contributed by atoms with Gasteiger partial charge in [0.05, 0.1) is 12.4 Å². The molecular formula is C10H12N4O3S. The van der Waals surface area contributed by atoms with E-state index in [2.05, 4.69) is 14.9 Å². The van der Waals surface area contributed by atoms with Crippen molar-refractivity contribution in [3.05, 3.63) is 30.0 Å². The summed E-state index contributed by atoms with van der Waals surface area (Å²) in [6.45, 7) is 1.92. The lowest BCUT2D eigenvalue weighted by atomic mass is 10.3. The number of ether oxygens (including phenoxy) is 1. The van der Waals surface area contributed by atoms with Crippen LogP contribution in [0, 0.1) is 0 Å². The number of nitrogens with two attached hydrogens (primary N) is 1. The average molecular weight is 268 g/mol. The number of hydrogen-bond donors (Lipinski definition) is 1. The summed E-state index contributed by atoms with van der Waals surface area (Å²) >= 11 is 1.38. The molecule has 0 radical (unpaired) electrons. The quantitative estimate of drug-likeness (QED) is 0.506. The maximum atomic E-state index is 11.3. The molecule has 0 aromatic carbocycles. The van der Waals surface area contributed by atoms with Gasteiger partial charge in [0.25, 0.3) is 0 Å². The van der Waals surface area contributed by atoms with E-state index in [0.717, 1.165) is 0 Å². The summed E-state index contributed by atoms with van der Waals surface area (Å²) in [4.78, 5) is 11.3. The molecule has 0 spiro atoms. The third-order valence-corrected chi connectivity index (χ3v) is 3.33. The monoisotopic (exact) mass is 268 g/mol. The third-order valence-electron chi connectivity index (χ3n) is 2.24. The number of furan rings is 1. The van der Waals surface area contributed by atoms with Crippen molar-refractivity contribution in [3.8, 4) is 0 Å². The Labute approximate surface area is 107 Å². The number of carbonyl (C=O) groups excluding carboxylic acids is 1. The number of nitrogen functional groups attached to an aromatic ring is 1. The van der Waals surface area contributed by atoms with Crippen LogP contribution in [0.4, 0.5) is 0 Å². The number of hydrogen-bond acceptors (Lipinski definition) is 7. The first-order valence-electron chi connectivity index (χ1n) is 5.11. The highest BCUT2D eigenvalue weighted by Crippen LogP contribution is 2.33. The van der Waals surface area contributed by atoms with Crippen LogP contribution in [0.1, 0.15) is 28.5 Å². The molecule has 1 unspecified atom stereocenters. The minimum absolute atomic E-state index is 0.0464. The van der Waals surface area contributed by atoms with E-state index in [-0.39, 0.29) is 11.0 Å². The van der Waals surface area contributed by atoms with Crippen molar-refractivity contribution in [3.63, 3.8) is 0 Å². The maximum absolute atomic E-state index is 11.3. The second-order valence-corrected chi connectivity index (χ2v) is 4.78. The van der Waals surface area contributed by atoms with Crippen molar-refractivity contribution in [2.75, 3.05) is 13.0 Å². The molecule has 2 rings (SSSR count). The molecule has 8 heteroatoms. The van der Waals surface area contributed by atoms with Crippen LogP contribution >= 0.6 is 11.8 Å². The van der Waals surface area contributed by atoms with Crippen molar-refractivity contribution >= 4 is 17.7 Å². The molecule has 0 saturated heterocycles. The Hall–Kier alpha value is -1.96. The molecule has 2 N–H and O–H groups in total. The van der Waals surface area contributed by atoms with Crippen LogP contribution < -0.4 is 5.84 Å². The summed E-state index contributed by atoms with van der Waals surface area (Å²) in [6, 6.07) is 3.30. The van der Waals surface area contributed by atoms with Crippen molar-refractivity contribution in [2.24, 2.45) is 0 Å². The molecular weight excluding hydrogens is 256 g/mol. The standard InChI is InChI=1S/C10H12N4O3S/c1-6(18-10-13-12-5-14(10)11)7-3-4-8(17-7)9(15)16-2/h3-6H,11H2,1-2H3. The van der Waals surface area contributed by atoms with Gasteiger partial charge in [0, 0.05) is 0 Å². The topological polar surface area (TPSA) is 96.2 Å². The Morgan fingerprint density at radius 2 is 2.39 bits per heavy atom. The van der Waals surface area contributed by atoms with Crippen LogP contribution in [0.15, 0.2) is 28.0 Å². The van der Waals surface area contributed by atoms with Crippen LogP contribution in [0.5, 0.6) is 0 Å². The Kier molecular flexibility index (Phi) is 3.56. The first kappa shape index (κ1) is 12.5. The molecule has 0 fully saturated rings. The van der Waals surface area contributed by atoms with Gasteiger partial charge in [0.1, 0.15) is 12.1 Å². The normalized spacial score (nSPS) is 12.3. The van der Waals surface area contributed by atoms with Crippen molar-refractivity contribution < 1.29 is 13.9 Å². The Morgan fingerprint density at radius 3 is 3.00 bits per heavy atom. The molecule has 0 aliphatic heterocycles. The molecule has 0 amide bonds. The number of rotatable bonds is 4. The number of aromatic nitrogens is 3. The number of thioether (sulfide) groups is 1. The summed E-state index contributed by atoms with van der Waals surface area (Å²) < 4.78 is 11.3. The van der Waals surface area contributed by atoms with E-state index in [1.54, 1.807) is 12.1 Å². The second kappa shape index (κ2) is 5.13. The van der Waals surface area contributed by atoms with E-state index in [1.165, 1.54) is 29.9 Å². The van der Waals surface area contributed by atoms with Gasteiger partial charge >= 0.3 is 5.97 Å². The predicted molar refractivity (Wildman–Crippen MR) is 64.5 cm³/mol. The summed E-state index contributed by atoms with van der Waals surface area (Å²) in [5, 5.41) is 8.06. The lowest BCUT2D eigenvalue weighted by Crippen LogP contribution is -2.08. The zero-order chi connectivity index (χ0) is 13.1. The minimum atomic E-state index is -0.500. The van der Waals surface area contributed by atoms with Gasteiger partial charge < -0.3 is 15.0 Å². The number of carbonyl (C=O) groups is 1. The van der Waals surface area contributed by atoms with E-state index < -0.39 is 5.97 Å². The smallest absolute Gasteiger partial charge is 0.373 e. The molecule has 0 aliphatic rings. The zero-order valence-corrected chi connectivity index (χ0v) is 10.7. The van der Waals surface area contributed by atoms with E-state index in [9.17, 15) is 4.79 Å². The summed E-state index contributed by atoms with van der Waals surface area (Å²) in [5.41, 5.74) is 0. The fraction of sp³-hybridized carbons (Fsp3) is 0.300. The van der Waals surface area contributed by atoms with Gasteiger partial charge in [-0.3, -0.25) is 0 Å². The lowest BCUT2D eigenvalue weighted by Gasteiger charge is -2.06. The highest BCUT2D eigenvalue weighted by molar-refractivity contribution is 7.99. The van der Waals surface area contributed by atoms with Gasteiger partial charge in [-0.15, -0.1) is 10.2 Å². The first-order valence-corrected chi connectivity index (χ1v) is 5.99. The summed E-state index contributed by atoms with van der Waals surface area (Å²) in [7, 11) is 1.31. The van der Waals surface area contributed by atoms with E-state index in [4.69, 9.17) is 10.3 Å². The first-order chi connectivity index (χ1) is 8.61. The molecule has 96 valence electrons. The molecule has 2 aromatic heterocycles. The highest BCUT2D eigenvalue weighted by atomic mass is 32.2. The van der Waals surface area contributed by atoms with Crippen LogP contribution in [-0.4, -0.2) is 28.0 Å². The molecule has 2 aromatic rings. The lowest BCUT2D eigenvalue weighted by molar-refractivity contribution is 0.0563. The SMILES string of the molecule is COC(=O)c1ccc(C(C)Sc2nncn2N)o1. The van der Waals surface area contributed by atoms with Crippen LogP contribution in [-0.2, 0) is 4.74 Å². The highest BCUT2D eigenvalue weighted by Gasteiger charge is 2.18. The van der Waals surface area contributed by atoms with Gasteiger partial charge in [-0.25, -0.2) is 9.47 Å². The molecule has 2 heterocycles. The predicted octanol–water partition coefficient (Wildman–Crippen LogP) is 1.22. The van der Waals surface area contributed by atoms with Crippen molar-refractivity contribution in [2.45, 2.75) is 17.3 Å². The van der Waals surface area contributed by atoms with Crippen LogP contribution in [0.2, 0.25) is 0 Å². The van der Waals surface area contributed by atoms with Gasteiger partial charge in [0.2, 0.25) is 10.9 Å². The summed E-state index contributed by atoms with van der Waals surface area (Å²) in [5.74, 6) is 5.93. The third kappa shape index (κ3) is 2.48. The fourth-order valence-electron chi connectivity index (χ4n) is 1.31. The van der Waals surface area contributed by atoms with Gasteiger partial charge in [-0.2, -0.15) is 0 Å². The number of nitrogens with zero attached hydrogens (tertiary/aromatic N) is 3. The number of esters is 1. The minimum Gasteiger partial charge on any atom is -0.463 e. The number of methoxy groups -OCH3 is 1. The summed E-state index contributed by atoms with van der Waals surface area (Å²) in [6.07, 6.45) is 1.41. The van der Waals surface area contributed by atoms with Crippen molar-refractivity contribution in [1.29, 1.82) is 0 Å². The zero-order valence-electron chi connectivity index (χ0n) is 9.86. The fourth-order valence-corrected chi connectivity index (χ4v) is 2.14. The Morgan fingerprint density at radius 1 is 1.61 bits per heavy atom. The van der Waals surface area contributed by atoms with Crippen LogP contribution in [0.25, 0.3) is 0 Å². The molecule has 7 nitrogen and oxygen atoms in total. The van der Waals surface area contributed by atoms with Gasteiger partial charge in [0.15, 0.2) is 0 Å². The van der Waals surface area contributed by atoms with E-state index in [1.807, 2.05) is 6.92 Å². The largest absolute Gasteiger partial charge is 0.463 e. The average Bonchev–Trinajstić information content (AvgIpc) is 2.98. The van der Waals surface area contributed by atoms with Crippen LogP contribution in [0.3, 0.4) is 0 Å². The second-order valence-electron chi connectivity index (χ2n) is 3.47. The molecule has 18 heavy (non-hydrogen) atoms. The Bertz CT molecular complexity index is 551. The molecule has 1 atom stereocenters. The van der Waals surface area contributed by atoms with Crippen molar-refractivity contribution in [1.82, 2.24) is 14.9 Å². The molecule has 0 saturated carbocycles. The molecule has 0 aliphatic carbocycles. The molecule has 0 bridgehead atoms. The van der Waals surface area contributed by atoms with E-state index in [0.29, 0.717) is 10.9 Å². The maximum Gasteiger partial charge on any atom is 0.373 e. The van der Waals surface area contributed by atoms with E-state index >= 15 is 0 Å². The Balaban J connectivity index is 2.10. The van der Waals surface area contributed by atoms with Gasteiger partial charge in [-0.1, -0.05) is 11.8 Å².